The van der Waals surface area contributed by atoms with Gasteiger partial charge in [0.15, 0.2) is 5.82 Å². The molecule has 0 aliphatic heterocycles. The smallest absolute Gasteiger partial charge is 0.256 e. The van der Waals surface area contributed by atoms with Gasteiger partial charge in [-0.1, -0.05) is 23.4 Å². The predicted molar refractivity (Wildman–Crippen MR) is 109 cm³/mol. The van der Waals surface area contributed by atoms with E-state index in [4.69, 9.17) is 4.52 Å². The van der Waals surface area contributed by atoms with Gasteiger partial charge in [0.2, 0.25) is 5.89 Å². The first-order chi connectivity index (χ1) is 13.6. The summed E-state index contributed by atoms with van der Waals surface area (Å²) in [5.41, 5.74) is 3.29. The molecule has 6 nitrogen and oxygen atoms in total. The molecule has 28 heavy (non-hydrogen) atoms. The molecule has 0 saturated heterocycles. The lowest BCUT2D eigenvalue weighted by Gasteiger charge is -2.12. The second kappa shape index (κ2) is 7.82. The summed E-state index contributed by atoms with van der Waals surface area (Å²) in [6.45, 7) is 3.78. The summed E-state index contributed by atoms with van der Waals surface area (Å²) in [4.78, 5) is 22.5. The number of aryl methyl sites for hydroxylation is 2. The van der Waals surface area contributed by atoms with Crippen LogP contribution in [0.1, 0.15) is 27.6 Å². The van der Waals surface area contributed by atoms with Crippen molar-refractivity contribution in [1.29, 1.82) is 0 Å². The molecule has 0 saturated carbocycles. The Kier molecular flexibility index (Phi) is 5.08. The third kappa shape index (κ3) is 3.75. The molecule has 0 aliphatic carbocycles. The van der Waals surface area contributed by atoms with Gasteiger partial charge in [-0.25, -0.2) is 0 Å². The van der Waals surface area contributed by atoms with E-state index in [1.807, 2.05) is 55.5 Å². The van der Waals surface area contributed by atoms with E-state index in [0.29, 0.717) is 23.0 Å². The summed E-state index contributed by atoms with van der Waals surface area (Å²) in [5, 5.41) is 7.74. The molecule has 2 aromatic heterocycles. The number of aromatic nitrogens is 3. The van der Waals surface area contributed by atoms with Gasteiger partial charge in [-0.15, -0.1) is 11.8 Å². The number of anilines is 1. The molecule has 0 unspecified atom stereocenters. The minimum atomic E-state index is -0.168. The molecule has 7 heteroatoms. The molecule has 2 aromatic carbocycles. The molecule has 0 bridgehead atoms. The molecule has 140 valence electrons. The monoisotopic (exact) mass is 390 g/mol. The Labute approximate surface area is 166 Å². The molecule has 2 heterocycles. The van der Waals surface area contributed by atoms with Crippen molar-refractivity contribution in [2.75, 3.05) is 5.32 Å². The zero-order valence-electron chi connectivity index (χ0n) is 15.5. The number of pyridine rings is 1. The fourth-order valence-electron chi connectivity index (χ4n) is 2.93. The van der Waals surface area contributed by atoms with Gasteiger partial charge < -0.3 is 9.84 Å². The van der Waals surface area contributed by atoms with Gasteiger partial charge in [0.25, 0.3) is 5.91 Å². The average molecular weight is 390 g/mol. The number of carbonyl (C=O) groups is 1. The second-order valence-corrected chi connectivity index (χ2v) is 7.32. The van der Waals surface area contributed by atoms with Gasteiger partial charge in [-0.2, -0.15) is 4.98 Å². The Morgan fingerprint density at radius 3 is 2.79 bits per heavy atom. The predicted octanol–water partition coefficient (Wildman–Crippen LogP) is 4.78. The summed E-state index contributed by atoms with van der Waals surface area (Å²) in [6, 6.07) is 15.2. The van der Waals surface area contributed by atoms with E-state index in [1.54, 1.807) is 13.1 Å². The van der Waals surface area contributed by atoms with Gasteiger partial charge in [-0.3, -0.25) is 9.78 Å². The molecule has 1 amide bonds. The van der Waals surface area contributed by atoms with Crippen LogP contribution in [-0.2, 0) is 5.75 Å². The van der Waals surface area contributed by atoms with Crippen molar-refractivity contribution in [3.8, 4) is 0 Å². The highest BCUT2D eigenvalue weighted by Gasteiger charge is 2.15. The van der Waals surface area contributed by atoms with Crippen LogP contribution in [0.5, 0.6) is 0 Å². The number of benzene rings is 2. The van der Waals surface area contributed by atoms with Crippen LogP contribution in [0.2, 0.25) is 0 Å². The minimum absolute atomic E-state index is 0.168. The normalized spacial score (nSPS) is 10.9. The summed E-state index contributed by atoms with van der Waals surface area (Å²) in [7, 11) is 0. The van der Waals surface area contributed by atoms with Gasteiger partial charge >= 0.3 is 0 Å². The van der Waals surface area contributed by atoms with Gasteiger partial charge in [0.05, 0.1) is 22.5 Å². The molecular weight excluding hydrogens is 372 g/mol. The van der Waals surface area contributed by atoms with Crippen LogP contribution < -0.4 is 5.32 Å². The van der Waals surface area contributed by atoms with E-state index in [-0.39, 0.29) is 5.91 Å². The maximum absolute atomic E-state index is 13.0. The number of carbonyl (C=O) groups excluding carboxylic acids is 1. The Bertz CT molecular complexity index is 1160. The standard InChI is InChI=1S/C21H18N4O2S/c1-13-9-10-17(15-7-5-11-22-20(13)15)24-21(26)16-6-3-4-8-18(16)28-12-19-23-14(2)25-27-19/h3-11H,12H2,1-2H3,(H,24,26). The van der Waals surface area contributed by atoms with E-state index in [2.05, 4.69) is 20.4 Å². The second-order valence-electron chi connectivity index (χ2n) is 6.30. The zero-order valence-corrected chi connectivity index (χ0v) is 16.3. The van der Waals surface area contributed by atoms with E-state index < -0.39 is 0 Å². The molecular formula is C21H18N4O2S. The number of rotatable bonds is 5. The Balaban J connectivity index is 1.58. The van der Waals surface area contributed by atoms with E-state index >= 15 is 0 Å². The number of amides is 1. The minimum Gasteiger partial charge on any atom is -0.338 e. The molecule has 4 aromatic rings. The van der Waals surface area contributed by atoms with Crippen molar-refractivity contribution in [3.05, 3.63) is 77.6 Å². The van der Waals surface area contributed by atoms with Crippen LogP contribution >= 0.6 is 11.8 Å². The van der Waals surface area contributed by atoms with Gasteiger partial charge in [-0.05, 0) is 49.7 Å². The molecule has 0 fully saturated rings. The van der Waals surface area contributed by atoms with Crippen LogP contribution in [0.3, 0.4) is 0 Å². The summed E-state index contributed by atoms with van der Waals surface area (Å²) >= 11 is 1.49. The van der Waals surface area contributed by atoms with E-state index in [0.717, 1.165) is 27.0 Å². The molecule has 0 aliphatic rings. The number of hydrogen-bond acceptors (Lipinski definition) is 6. The Morgan fingerprint density at radius 1 is 1.11 bits per heavy atom. The van der Waals surface area contributed by atoms with Crippen LogP contribution in [0.25, 0.3) is 10.9 Å². The van der Waals surface area contributed by atoms with Crippen LogP contribution in [0.4, 0.5) is 5.69 Å². The van der Waals surface area contributed by atoms with Crippen LogP contribution in [0, 0.1) is 13.8 Å². The fraction of sp³-hybridized carbons (Fsp3) is 0.143. The van der Waals surface area contributed by atoms with Crippen molar-refractivity contribution in [3.63, 3.8) is 0 Å². The number of thioether (sulfide) groups is 1. The van der Waals surface area contributed by atoms with Crippen molar-refractivity contribution in [2.24, 2.45) is 0 Å². The van der Waals surface area contributed by atoms with Crippen molar-refractivity contribution >= 4 is 34.3 Å². The largest absolute Gasteiger partial charge is 0.338 e. The zero-order chi connectivity index (χ0) is 19.5. The van der Waals surface area contributed by atoms with Crippen LogP contribution in [0.15, 0.2) is 64.1 Å². The first kappa shape index (κ1) is 18.2. The first-order valence-corrected chi connectivity index (χ1v) is 9.77. The Morgan fingerprint density at radius 2 is 1.96 bits per heavy atom. The molecule has 0 spiro atoms. The number of nitrogens with zero attached hydrogens (tertiary/aromatic N) is 3. The highest BCUT2D eigenvalue weighted by atomic mass is 32.2. The highest BCUT2D eigenvalue weighted by Crippen LogP contribution is 2.28. The number of fused-ring (bicyclic) bond motifs is 1. The lowest BCUT2D eigenvalue weighted by molar-refractivity contribution is 0.102. The highest BCUT2D eigenvalue weighted by molar-refractivity contribution is 7.98. The van der Waals surface area contributed by atoms with Gasteiger partial charge in [0.1, 0.15) is 0 Å². The lowest BCUT2D eigenvalue weighted by Crippen LogP contribution is -2.13. The summed E-state index contributed by atoms with van der Waals surface area (Å²) in [6.07, 6.45) is 1.76. The summed E-state index contributed by atoms with van der Waals surface area (Å²) < 4.78 is 5.15. The Hall–Kier alpha value is -3.19. The maximum atomic E-state index is 13.0. The SMILES string of the molecule is Cc1noc(CSc2ccccc2C(=O)Nc2ccc(C)c3ncccc23)n1. The lowest BCUT2D eigenvalue weighted by atomic mass is 10.1. The first-order valence-electron chi connectivity index (χ1n) is 8.78. The quantitative estimate of drug-likeness (QED) is 0.494. The topological polar surface area (TPSA) is 80.9 Å². The average Bonchev–Trinajstić information content (AvgIpc) is 3.14. The van der Waals surface area contributed by atoms with Crippen molar-refractivity contribution < 1.29 is 9.32 Å². The fourth-order valence-corrected chi connectivity index (χ4v) is 3.82. The van der Waals surface area contributed by atoms with Crippen LogP contribution in [-0.4, -0.2) is 21.0 Å². The van der Waals surface area contributed by atoms with Gasteiger partial charge in [0, 0.05) is 16.5 Å². The maximum Gasteiger partial charge on any atom is 0.256 e. The summed E-state index contributed by atoms with van der Waals surface area (Å²) in [5.74, 6) is 1.47. The molecule has 0 radical (unpaired) electrons. The number of hydrogen-bond donors (Lipinski definition) is 1. The number of nitrogens with one attached hydrogen (secondary N) is 1. The molecule has 0 atom stereocenters. The van der Waals surface area contributed by atoms with Crippen molar-refractivity contribution in [1.82, 2.24) is 15.1 Å². The molecule has 4 rings (SSSR count). The van der Waals surface area contributed by atoms with E-state index in [1.165, 1.54) is 11.8 Å². The van der Waals surface area contributed by atoms with E-state index in [9.17, 15) is 4.79 Å². The molecule has 1 N–H and O–H groups in total. The third-order valence-electron chi connectivity index (χ3n) is 4.27. The van der Waals surface area contributed by atoms with Crippen molar-refractivity contribution in [2.45, 2.75) is 24.5 Å². The third-order valence-corrected chi connectivity index (χ3v) is 5.33.